The molecule has 0 saturated carbocycles. The molecule has 0 spiro atoms. The van der Waals surface area contributed by atoms with Gasteiger partial charge < -0.3 is 4.74 Å². The van der Waals surface area contributed by atoms with Crippen LogP contribution in [0.4, 0.5) is 17.1 Å². The second-order valence-electron chi connectivity index (χ2n) is 15.8. The Labute approximate surface area is 402 Å². The van der Waals surface area contributed by atoms with Gasteiger partial charge in [-0.25, -0.2) is 40.3 Å². The smallest absolute Gasteiger partial charge is 0.289 e. The lowest BCUT2D eigenvalue weighted by Crippen LogP contribution is -2.57. The van der Waals surface area contributed by atoms with Gasteiger partial charge in [-0.05, 0) is 34.9 Å². The first-order valence-corrected chi connectivity index (χ1v) is 25.7. The highest BCUT2D eigenvalue weighted by Crippen LogP contribution is 2.41. The first-order valence-electron chi connectivity index (χ1n) is 21.2. The van der Waals surface area contributed by atoms with E-state index in [-0.39, 0.29) is 45.9 Å². The van der Waals surface area contributed by atoms with Crippen LogP contribution in [0.25, 0.3) is 0 Å². The van der Waals surface area contributed by atoms with Crippen LogP contribution in [-0.4, -0.2) is 101 Å². The van der Waals surface area contributed by atoms with Crippen molar-refractivity contribution in [3.05, 3.63) is 211 Å². The van der Waals surface area contributed by atoms with E-state index in [1.165, 1.54) is 36.4 Å². The summed E-state index contributed by atoms with van der Waals surface area (Å²) in [6.45, 7) is -2.43. The normalized spacial score (nSPS) is 15.3. The van der Waals surface area contributed by atoms with Gasteiger partial charge in [0, 0.05) is 63.4 Å². The molecule has 1 aliphatic rings. The maximum atomic E-state index is 14.2. The van der Waals surface area contributed by atoms with E-state index < -0.39 is 88.1 Å². The summed E-state index contributed by atoms with van der Waals surface area (Å²) in [7, 11) is -14.4. The van der Waals surface area contributed by atoms with Crippen molar-refractivity contribution in [2.75, 3.05) is 45.9 Å². The molecule has 3 N–H and O–H groups in total. The van der Waals surface area contributed by atoms with Crippen LogP contribution >= 0.6 is 0 Å². The zero-order chi connectivity index (χ0) is 50.1. The van der Waals surface area contributed by atoms with Gasteiger partial charge >= 0.3 is 0 Å². The molecule has 0 bridgehead atoms. The molecule has 6 aromatic carbocycles. The Hall–Kier alpha value is -6.91. The van der Waals surface area contributed by atoms with Gasteiger partial charge in [-0.3, -0.25) is 30.3 Å². The number of rotatable bonds is 18. The number of sulfonamides is 3. The number of nitrogens with one attached hydrogen (secondary N) is 3. The minimum Gasteiger partial charge on any atom is -0.360 e. The van der Waals surface area contributed by atoms with Crippen molar-refractivity contribution < 1.29 is 44.8 Å². The molecular weight excluding hydrogens is 971 g/mol. The second kappa shape index (κ2) is 21.8. The van der Waals surface area contributed by atoms with Crippen molar-refractivity contribution in [1.82, 2.24) is 29.5 Å². The molecular formula is C45H45N9O13S3. The van der Waals surface area contributed by atoms with Crippen LogP contribution in [0.5, 0.6) is 0 Å². The summed E-state index contributed by atoms with van der Waals surface area (Å²) in [5, 5.41) is 39.4. The van der Waals surface area contributed by atoms with Crippen molar-refractivity contribution in [2.45, 2.75) is 20.3 Å². The molecule has 1 fully saturated rings. The number of para-hydroxylation sites is 3. The molecule has 0 aromatic heterocycles. The van der Waals surface area contributed by atoms with Crippen LogP contribution in [0.15, 0.2) is 178 Å². The van der Waals surface area contributed by atoms with Crippen molar-refractivity contribution >= 4 is 47.1 Å². The number of nitro groups is 3. The Kier molecular flexibility index (Phi) is 15.9. The van der Waals surface area contributed by atoms with E-state index in [2.05, 4.69) is 14.5 Å². The molecule has 1 heterocycles. The average Bonchev–Trinajstić information content (AvgIpc) is 3.35. The van der Waals surface area contributed by atoms with Crippen LogP contribution in [0, 0.1) is 36.3 Å². The standard InChI is InChI=1S/C45H45N9O13S3/c55-52(56)39-22-10-13-25-42(39)68(61,62)46-49-28-30-50(47-69(63,64)43-26-14-11-23-40(43)53(57)58)32-35(33-51(31-29-49)48-70(65,66)44-27-15-12-24-41(44)54(59)60)34-67-45(36-16-4-1-5-17-36,37-18-6-2-7-19-37)38-20-8-3-9-21-38/h1-27,35,46-48H,28-34H2. The zero-order valence-electron chi connectivity index (χ0n) is 36.8. The lowest BCUT2D eigenvalue weighted by molar-refractivity contribution is -0.388. The molecule has 22 nitrogen and oxygen atoms in total. The van der Waals surface area contributed by atoms with Gasteiger partial charge in [0.15, 0.2) is 14.7 Å². The summed E-state index contributed by atoms with van der Waals surface area (Å²) < 4.78 is 91.8. The third kappa shape index (κ3) is 11.7. The molecule has 1 aliphatic heterocycles. The first kappa shape index (κ1) is 51.0. The summed E-state index contributed by atoms with van der Waals surface area (Å²) in [4.78, 5) is 38.4. The molecule has 0 unspecified atom stereocenters. The molecule has 0 aliphatic carbocycles. The van der Waals surface area contributed by atoms with Crippen molar-refractivity contribution in [2.24, 2.45) is 5.92 Å². The highest BCUT2D eigenvalue weighted by molar-refractivity contribution is 7.90. The Morgan fingerprint density at radius 1 is 0.443 bits per heavy atom. The molecule has 6 aromatic rings. The molecule has 0 amide bonds. The Morgan fingerprint density at radius 3 is 1.03 bits per heavy atom. The first-order chi connectivity index (χ1) is 33.4. The summed E-state index contributed by atoms with van der Waals surface area (Å²) in [5.74, 6) is -0.923. The third-order valence-corrected chi connectivity index (χ3v) is 15.4. The summed E-state index contributed by atoms with van der Waals surface area (Å²) in [6, 6.07) is 41.4. The van der Waals surface area contributed by atoms with E-state index in [4.69, 9.17) is 4.74 Å². The number of nitrogens with zero attached hydrogens (tertiary/aromatic N) is 6. The number of benzene rings is 6. The molecule has 25 heteroatoms. The van der Waals surface area contributed by atoms with Gasteiger partial charge in [0.25, 0.3) is 47.1 Å². The average molecular weight is 1020 g/mol. The molecule has 366 valence electrons. The number of ether oxygens (including phenoxy) is 1. The third-order valence-electron chi connectivity index (χ3n) is 11.1. The minimum atomic E-state index is -4.81. The van der Waals surface area contributed by atoms with Gasteiger partial charge in [0.2, 0.25) is 0 Å². The number of hydrogen-bond donors (Lipinski definition) is 3. The highest BCUT2D eigenvalue weighted by Gasteiger charge is 2.40. The summed E-state index contributed by atoms with van der Waals surface area (Å²) >= 11 is 0. The second-order valence-corrected chi connectivity index (χ2v) is 20.7. The monoisotopic (exact) mass is 1020 g/mol. The largest absolute Gasteiger partial charge is 0.360 e. The number of hydrazine groups is 3. The fraction of sp³-hybridized carbons (Fsp3) is 0.200. The van der Waals surface area contributed by atoms with E-state index in [1.54, 1.807) is 0 Å². The molecule has 1 saturated heterocycles. The van der Waals surface area contributed by atoms with Gasteiger partial charge in [0.1, 0.15) is 5.60 Å². The highest BCUT2D eigenvalue weighted by atomic mass is 32.2. The van der Waals surface area contributed by atoms with E-state index in [1.807, 2.05) is 91.0 Å². The summed E-state index contributed by atoms with van der Waals surface area (Å²) in [6.07, 6.45) is 0. The molecule has 0 radical (unpaired) electrons. The fourth-order valence-electron chi connectivity index (χ4n) is 8.00. The van der Waals surface area contributed by atoms with Crippen molar-refractivity contribution in [3.63, 3.8) is 0 Å². The van der Waals surface area contributed by atoms with E-state index >= 15 is 0 Å². The van der Waals surface area contributed by atoms with Crippen LogP contribution in [0.3, 0.4) is 0 Å². The Morgan fingerprint density at radius 2 is 0.714 bits per heavy atom. The molecule has 70 heavy (non-hydrogen) atoms. The Balaban J connectivity index is 1.34. The summed E-state index contributed by atoms with van der Waals surface area (Å²) in [5.41, 5.74) is -1.52. The van der Waals surface area contributed by atoms with E-state index in [0.717, 1.165) is 51.4 Å². The van der Waals surface area contributed by atoms with Crippen LogP contribution in [-0.2, 0) is 40.4 Å². The van der Waals surface area contributed by atoms with Gasteiger partial charge in [0.05, 0.1) is 21.4 Å². The van der Waals surface area contributed by atoms with Gasteiger partial charge in [-0.2, -0.15) is 0 Å². The lowest BCUT2D eigenvalue weighted by atomic mass is 9.80. The van der Waals surface area contributed by atoms with E-state index in [0.29, 0.717) is 16.7 Å². The maximum absolute atomic E-state index is 14.2. The van der Waals surface area contributed by atoms with Crippen LogP contribution in [0.2, 0.25) is 0 Å². The molecule has 0 atom stereocenters. The quantitative estimate of drug-likeness (QED) is 0.0584. The van der Waals surface area contributed by atoms with E-state index in [9.17, 15) is 55.6 Å². The van der Waals surface area contributed by atoms with Gasteiger partial charge in [-0.15, -0.1) is 14.5 Å². The minimum absolute atomic E-state index is 0.264. The van der Waals surface area contributed by atoms with Crippen molar-refractivity contribution in [1.29, 1.82) is 0 Å². The fourth-order valence-corrected chi connectivity index (χ4v) is 11.9. The van der Waals surface area contributed by atoms with Crippen molar-refractivity contribution in [3.8, 4) is 0 Å². The lowest BCUT2D eigenvalue weighted by Gasteiger charge is -2.39. The Bertz CT molecular complexity index is 2980. The zero-order valence-corrected chi connectivity index (χ0v) is 39.3. The predicted octanol–water partition coefficient (Wildman–Crippen LogP) is 4.94. The van der Waals surface area contributed by atoms with Crippen LogP contribution < -0.4 is 14.5 Å². The number of nitro benzene ring substituents is 3. The van der Waals surface area contributed by atoms with Crippen LogP contribution in [0.1, 0.15) is 16.7 Å². The predicted molar refractivity (Wildman–Crippen MR) is 254 cm³/mol. The molecule has 7 rings (SSSR count). The SMILES string of the molecule is O=[N+]([O-])c1ccccc1S(=O)(=O)NN1CCN(NS(=O)(=O)c2ccccc2[N+](=O)[O-])CC(COC(c2ccccc2)(c2ccccc2)c2ccccc2)CN(NS(=O)(=O)c2ccccc2[N+](=O)[O-])CC1. The number of hydrogen-bond acceptors (Lipinski definition) is 16. The maximum Gasteiger partial charge on any atom is 0.289 e. The van der Waals surface area contributed by atoms with Gasteiger partial charge in [-0.1, -0.05) is 127 Å². The topological polar surface area (TPSA) is 287 Å².